The molecule has 1 aliphatic rings. The number of fused-ring (bicyclic) bond motifs is 3. The first kappa shape index (κ1) is 11.8. The molecule has 1 fully saturated rings. The van der Waals surface area contributed by atoms with E-state index in [1.165, 1.54) is 24.2 Å². The molecule has 0 unspecified atom stereocenters. The third-order valence-electron chi connectivity index (χ3n) is 3.77. The van der Waals surface area contributed by atoms with Gasteiger partial charge in [0, 0.05) is 25.5 Å². The van der Waals surface area contributed by atoms with Crippen LogP contribution >= 0.6 is 11.3 Å². The number of aromatic nitrogens is 3. The van der Waals surface area contributed by atoms with Crippen molar-refractivity contribution in [3.63, 3.8) is 0 Å². The topological polar surface area (TPSA) is 59.8 Å². The quantitative estimate of drug-likeness (QED) is 0.803. The zero-order valence-electron chi connectivity index (χ0n) is 11.1. The molecule has 3 heterocycles. The summed E-state index contributed by atoms with van der Waals surface area (Å²) in [7, 11) is 1.87. The first-order valence-electron chi connectivity index (χ1n) is 6.72. The lowest BCUT2D eigenvalue weighted by atomic mass is 10.2. The summed E-state index contributed by atoms with van der Waals surface area (Å²) in [4.78, 5) is 22.3. The molecular weight excluding hydrogens is 272 g/mol. The predicted molar refractivity (Wildman–Crippen MR) is 81.5 cm³/mol. The fourth-order valence-electron chi connectivity index (χ4n) is 2.50. The number of pyridine rings is 1. The summed E-state index contributed by atoms with van der Waals surface area (Å²) < 4.78 is 2.45. The highest BCUT2D eigenvalue weighted by Gasteiger charge is 2.23. The Kier molecular flexibility index (Phi) is 2.53. The summed E-state index contributed by atoms with van der Waals surface area (Å²) in [5, 5.41) is 4.09. The van der Waals surface area contributed by atoms with E-state index in [0.29, 0.717) is 10.6 Å². The molecule has 6 heteroatoms. The van der Waals surface area contributed by atoms with E-state index in [1.807, 2.05) is 13.1 Å². The zero-order valence-corrected chi connectivity index (χ0v) is 11.9. The highest BCUT2D eigenvalue weighted by Crippen LogP contribution is 2.34. The van der Waals surface area contributed by atoms with Gasteiger partial charge in [0.25, 0.3) is 5.56 Å². The van der Waals surface area contributed by atoms with Crippen molar-refractivity contribution in [2.75, 3.05) is 12.4 Å². The highest BCUT2D eigenvalue weighted by atomic mass is 32.1. The van der Waals surface area contributed by atoms with E-state index in [2.05, 4.69) is 15.3 Å². The molecule has 20 heavy (non-hydrogen) atoms. The van der Waals surface area contributed by atoms with Crippen molar-refractivity contribution in [2.45, 2.75) is 19.4 Å². The zero-order chi connectivity index (χ0) is 13.7. The fourth-order valence-corrected chi connectivity index (χ4v) is 3.57. The van der Waals surface area contributed by atoms with Crippen molar-refractivity contribution in [1.82, 2.24) is 14.5 Å². The van der Waals surface area contributed by atoms with E-state index in [4.69, 9.17) is 0 Å². The van der Waals surface area contributed by atoms with Crippen molar-refractivity contribution in [1.29, 1.82) is 0 Å². The number of anilines is 1. The molecule has 1 N–H and O–H groups in total. The van der Waals surface area contributed by atoms with Crippen molar-refractivity contribution < 1.29 is 0 Å². The van der Waals surface area contributed by atoms with E-state index in [9.17, 15) is 4.79 Å². The van der Waals surface area contributed by atoms with Gasteiger partial charge in [0.05, 0.1) is 17.2 Å². The van der Waals surface area contributed by atoms with Gasteiger partial charge in [0.15, 0.2) is 0 Å². The summed E-state index contributed by atoms with van der Waals surface area (Å²) >= 11 is 1.43. The minimum absolute atomic E-state index is 0.0620. The van der Waals surface area contributed by atoms with Gasteiger partial charge in [-0.25, -0.2) is 9.97 Å². The lowest BCUT2D eigenvalue weighted by molar-refractivity contribution is 0.602. The van der Waals surface area contributed by atoms with Crippen LogP contribution in [0.4, 0.5) is 5.69 Å². The summed E-state index contributed by atoms with van der Waals surface area (Å²) in [5.41, 5.74) is 1.79. The standard InChI is InChI=1S/C14H14N4OS/c1-15-9-4-5-16-13-10(9)11-12(20-13)14(19)18(7-17-11)6-8-2-3-8/h4-5,7-8H,2-3,6H2,1H3,(H,15,16). The molecule has 3 aromatic heterocycles. The highest BCUT2D eigenvalue weighted by molar-refractivity contribution is 7.25. The lowest BCUT2D eigenvalue weighted by Gasteiger charge is -2.04. The molecule has 0 radical (unpaired) electrons. The minimum Gasteiger partial charge on any atom is -0.387 e. The van der Waals surface area contributed by atoms with E-state index < -0.39 is 0 Å². The molecule has 3 aromatic rings. The van der Waals surface area contributed by atoms with Crippen LogP contribution in [0.5, 0.6) is 0 Å². The second-order valence-electron chi connectivity index (χ2n) is 5.21. The maximum Gasteiger partial charge on any atom is 0.271 e. The van der Waals surface area contributed by atoms with Gasteiger partial charge in [-0.05, 0) is 24.8 Å². The van der Waals surface area contributed by atoms with Crippen LogP contribution < -0.4 is 10.9 Å². The van der Waals surface area contributed by atoms with Gasteiger partial charge in [-0.2, -0.15) is 0 Å². The predicted octanol–water partition coefficient (Wildman–Crippen LogP) is 2.46. The Morgan fingerprint density at radius 1 is 1.45 bits per heavy atom. The number of thiophene rings is 1. The Hall–Kier alpha value is -1.95. The molecule has 1 aliphatic carbocycles. The number of hydrogen-bond acceptors (Lipinski definition) is 5. The van der Waals surface area contributed by atoms with Crippen LogP contribution in [0, 0.1) is 5.92 Å². The molecule has 0 bridgehead atoms. The average Bonchev–Trinajstić information content (AvgIpc) is 3.20. The summed E-state index contributed by atoms with van der Waals surface area (Å²) in [6.45, 7) is 0.794. The van der Waals surface area contributed by atoms with E-state index in [0.717, 1.165) is 28.0 Å². The van der Waals surface area contributed by atoms with Crippen molar-refractivity contribution >= 4 is 37.5 Å². The van der Waals surface area contributed by atoms with Gasteiger partial charge < -0.3 is 5.32 Å². The Bertz CT molecular complexity index is 863. The maximum atomic E-state index is 12.5. The van der Waals surface area contributed by atoms with E-state index in [1.54, 1.807) is 17.1 Å². The van der Waals surface area contributed by atoms with Gasteiger partial charge in [0.1, 0.15) is 9.53 Å². The Labute approximate surface area is 119 Å². The lowest BCUT2D eigenvalue weighted by Crippen LogP contribution is -2.20. The molecule has 0 aliphatic heterocycles. The van der Waals surface area contributed by atoms with Crippen LogP contribution in [0.25, 0.3) is 20.4 Å². The monoisotopic (exact) mass is 286 g/mol. The number of nitrogens with one attached hydrogen (secondary N) is 1. The molecule has 0 aromatic carbocycles. The van der Waals surface area contributed by atoms with Gasteiger partial charge in [-0.3, -0.25) is 9.36 Å². The van der Waals surface area contributed by atoms with Crippen molar-refractivity contribution in [3.05, 3.63) is 28.9 Å². The average molecular weight is 286 g/mol. The second kappa shape index (κ2) is 4.28. The van der Waals surface area contributed by atoms with E-state index >= 15 is 0 Å². The first-order chi connectivity index (χ1) is 9.78. The molecule has 0 saturated heterocycles. The first-order valence-corrected chi connectivity index (χ1v) is 7.54. The van der Waals surface area contributed by atoms with Crippen LogP contribution in [0.15, 0.2) is 23.4 Å². The molecule has 102 valence electrons. The largest absolute Gasteiger partial charge is 0.387 e. The maximum absolute atomic E-state index is 12.5. The van der Waals surface area contributed by atoms with Crippen molar-refractivity contribution in [3.8, 4) is 0 Å². The molecule has 5 nitrogen and oxygen atoms in total. The fraction of sp³-hybridized carbons (Fsp3) is 0.357. The summed E-state index contributed by atoms with van der Waals surface area (Å²) in [6, 6.07) is 1.91. The molecular formula is C14H14N4OS. The Morgan fingerprint density at radius 3 is 3.05 bits per heavy atom. The Morgan fingerprint density at radius 2 is 2.30 bits per heavy atom. The summed E-state index contributed by atoms with van der Waals surface area (Å²) in [6.07, 6.45) is 5.89. The molecule has 0 amide bonds. The SMILES string of the molecule is CNc1ccnc2sc3c(=O)n(CC4CC4)cnc3c12. The molecule has 1 saturated carbocycles. The van der Waals surface area contributed by atoms with Crippen molar-refractivity contribution in [2.24, 2.45) is 5.92 Å². The smallest absolute Gasteiger partial charge is 0.271 e. The van der Waals surface area contributed by atoms with Crippen LogP contribution in [-0.2, 0) is 6.54 Å². The number of nitrogens with zero attached hydrogens (tertiary/aromatic N) is 3. The third kappa shape index (κ3) is 1.71. The molecule has 0 atom stereocenters. The van der Waals surface area contributed by atoms with Crippen LogP contribution in [0.1, 0.15) is 12.8 Å². The Balaban J connectivity index is 2.01. The van der Waals surface area contributed by atoms with Gasteiger partial charge in [0.2, 0.25) is 0 Å². The second-order valence-corrected chi connectivity index (χ2v) is 6.21. The minimum atomic E-state index is 0.0620. The van der Waals surface area contributed by atoms with Gasteiger partial charge >= 0.3 is 0 Å². The van der Waals surface area contributed by atoms with E-state index in [-0.39, 0.29) is 5.56 Å². The summed E-state index contributed by atoms with van der Waals surface area (Å²) in [5.74, 6) is 0.660. The molecule has 4 rings (SSSR count). The van der Waals surface area contributed by atoms with Crippen LogP contribution in [0.3, 0.4) is 0 Å². The van der Waals surface area contributed by atoms with Crippen LogP contribution in [0.2, 0.25) is 0 Å². The number of hydrogen-bond donors (Lipinski definition) is 1. The van der Waals surface area contributed by atoms with Gasteiger partial charge in [-0.1, -0.05) is 0 Å². The normalized spacial score (nSPS) is 15.1. The third-order valence-corrected chi connectivity index (χ3v) is 4.84. The number of rotatable bonds is 3. The van der Waals surface area contributed by atoms with Gasteiger partial charge in [-0.15, -0.1) is 11.3 Å². The van der Waals surface area contributed by atoms with Crippen LogP contribution in [-0.4, -0.2) is 21.6 Å². The molecule has 0 spiro atoms.